The first-order valence-corrected chi connectivity index (χ1v) is 9.84. The quantitative estimate of drug-likeness (QED) is 0.463. The van der Waals surface area contributed by atoms with Gasteiger partial charge in [0.15, 0.2) is 0 Å². The molecular formula is C18H32N6O4. The average Bonchev–Trinajstić information content (AvgIpc) is 2.66. The molecule has 0 aromatic heterocycles. The minimum absolute atomic E-state index is 0.0700. The molecule has 28 heavy (non-hydrogen) atoms. The molecule has 2 fully saturated rings. The van der Waals surface area contributed by atoms with Crippen molar-refractivity contribution in [3.05, 3.63) is 0 Å². The lowest BCUT2D eigenvalue weighted by Crippen LogP contribution is -2.51. The minimum Gasteiger partial charge on any atom is -0.353 e. The zero-order valence-electron chi connectivity index (χ0n) is 16.9. The lowest BCUT2D eigenvalue weighted by atomic mass is 10.3. The first kappa shape index (κ1) is 22.1. The number of hydrogen-bond acceptors (Lipinski definition) is 6. The number of carbonyl (C=O) groups is 4. The van der Waals surface area contributed by atoms with E-state index in [0.29, 0.717) is 78.5 Å². The van der Waals surface area contributed by atoms with Crippen LogP contribution in [0.1, 0.15) is 13.8 Å². The summed E-state index contributed by atoms with van der Waals surface area (Å²) in [6, 6.07) is 0. The van der Waals surface area contributed by atoms with Crippen LogP contribution in [-0.4, -0.2) is 122 Å². The number of carbonyl (C=O) groups excluding carboxylic acids is 4. The zero-order valence-corrected chi connectivity index (χ0v) is 16.9. The van der Waals surface area contributed by atoms with Gasteiger partial charge in [-0.25, -0.2) is 0 Å². The molecule has 10 nitrogen and oxygen atoms in total. The third kappa shape index (κ3) is 7.43. The van der Waals surface area contributed by atoms with Crippen molar-refractivity contribution in [2.24, 2.45) is 0 Å². The Labute approximate surface area is 166 Å². The number of nitrogens with one attached hydrogen (secondary N) is 2. The lowest BCUT2D eigenvalue weighted by molar-refractivity contribution is -0.132. The van der Waals surface area contributed by atoms with Gasteiger partial charge < -0.3 is 20.4 Å². The van der Waals surface area contributed by atoms with Crippen molar-refractivity contribution in [1.82, 2.24) is 30.2 Å². The predicted octanol–water partition coefficient (Wildman–Crippen LogP) is -2.45. The van der Waals surface area contributed by atoms with Gasteiger partial charge in [0.1, 0.15) is 0 Å². The Morgan fingerprint density at radius 2 is 0.929 bits per heavy atom. The van der Waals surface area contributed by atoms with E-state index in [0.717, 1.165) is 0 Å². The third-order valence-electron chi connectivity index (χ3n) is 5.14. The molecule has 0 radical (unpaired) electrons. The Morgan fingerprint density at radius 3 is 1.21 bits per heavy atom. The maximum Gasteiger partial charge on any atom is 0.234 e. The van der Waals surface area contributed by atoms with Crippen molar-refractivity contribution in [1.29, 1.82) is 0 Å². The van der Waals surface area contributed by atoms with Crippen LogP contribution in [0.5, 0.6) is 0 Å². The normalized spacial score (nSPS) is 18.6. The van der Waals surface area contributed by atoms with E-state index in [1.807, 2.05) is 9.80 Å². The molecular weight excluding hydrogens is 364 g/mol. The minimum atomic E-state index is -0.0779. The molecule has 0 saturated carbocycles. The van der Waals surface area contributed by atoms with Crippen LogP contribution in [0.4, 0.5) is 0 Å². The summed E-state index contributed by atoms with van der Waals surface area (Å²) in [5.74, 6) is -0.0158. The number of rotatable bonds is 7. The molecule has 0 aromatic rings. The van der Waals surface area contributed by atoms with E-state index >= 15 is 0 Å². The van der Waals surface area contributed by atoms with E-state index in [1.54, 1.807) is 23.6 Å². The van der Waals surface area contributed by atoms with E-state index in [9.17, 15) is 19.2 Å². The Bertz CT molecular complexity index is 518. The van der Waals surface area contributed by atoms with Crippen LogP contribution >= 0.6 is 0 Å². The zero-order chi connectivity index (χ0) is 20.5. The number of nitrogens with zero attached hydrogens (tertiary/aromatic N) is 4. The molecule has 0 aromatic carbocycles. The fourth-order valence-corrected chi connectivity index (χ4v) is 3.36. The van der Waals surface area contributed by atoms with E-state index in [-0.39, 0.29) is 23.6 Å². The highest BCUT2D eigenvalue weighted by Crippen LogP contribution is 2.02. The van der Waals surface area contributed by atoms with Crippen molar-refractivity contribution in [3.8, 4) is 0 Å². The fourth-order valence-electron chi connectivity index (χ4n) is 3.36. The van der Waals surface area contributed by atoms with Crippen molar-refractivity contribution >= 4 is 23.6 Å². The van der Waals surface area contributed by atoms with Gasteiger partial charge in [-0.1, -0.05) is 0 Å². The van der Waals surface area contributed by atoms with Crippen LogP contribution in [0.15, 0.2) is 0 Å². The summed E-state index contributed by atoms with van der Waals surface area (Å²) in [5, 5.41) is 5.62. The lowest BCUT2D eigenvalue weighted by Gasteiger charge is -2.33. The molecule has 10 heteroatoms. The Morgan fingerprint density at radius 1 is 0.607 bits per heavy atom. The van der Waals surface area contributed by atoms with E-state index in [4.69, 9.17) is 0 Å². The van der Waals surface area contributed by atoms with Gasteiger partial charge in [-0.05, 0) is 0 Å². The molecule has 0 spiro atoms. The second-order valence-corrected chi connectivity index (χ2v) is 7.26. The Hall–Kier alpha value is -2.20. The van der Waals surface area contributed by atoms with Gasteiger partial charge in [-0.2, -0.15) is 0 Å². The summed E-state index contributed by atoms with van der Waals surface area (Å²) < 4.78 is 0. The van der Waals surface area contributed by atoms with Gasteiger partial charge in [0, 0.05) is 79.3 Å². The molecule has 2 saturated heterocycles. The first-order valence-electron chi connectivity index (χ1n) is 9.84. The highest BCUT2D eigenvalue weighted by molar-refractivity contribution is 5.79. The van der Waals surface area contributed by atoms with Crippen molar-refractivity contribution in [3.63, 3.8) is 0 Å². The van der Waals surface area contributed by atoms with Crippen LogP contribution in [0.25, 0.3) is 0 Å². The first-order chi connectivity index (χ1) is 13.3. The van der Waals surface area contributed by atoms with E-state index in [1.165, 1.54) is 0 Å². The van der Waals surface area contributed by atoms with Gasteiger partial charge in [0.05, 0.1) is 13.1 Å². The Balaban J connectivity index is 1.51. The van der Waals surface area contributed by atoms with Crippen LogP contribution < -0.4 is 10.6 Å². The SMILES string of the molecule is CC(=O)N1CCN(CC(=O)NCCNC(=O)CN2CCN(C(C)=O)CC2)CC1. The molecule has 2 aliphatic heterocycles. The smallest absolute Gasteiger partial charge is 0.234 e. The largest absolute Gasteiger partial charge is 0.353 e. The molecule has 0 bridgehead atoms. The second-order valence-electron chi connectivity index (χ2n) is 7.26. The molecule has 2 aliphatic rings. The predicted molar refractivity (Wildman–Crippen MR) is 103 cm³/mol. The number of amides is 4. The molecule has 2 heterocycles. The summed E-state index contributed by atoms with van der Waals surface area (Å²) in [4.78, 5) is 54.2. The summed E-state index contributed by atoms with van der Waals surface area (Å²) >= 11 is 0. The van der Waals surface area contributed by atoms with Gasteiger partial charge in [-0.3, -0.25) is 29.0 Å². The second kappa shape index (κ2) is 11.0. The van der Waals surface area contributed by atoms with Crippen LogP contribution in [0.2, 0.25) is 0 Å². The molecule has 0 unspecified atom stereocenters. The maximum absolute atomic E-state index is 12.0. The van der Waals surface area contributed by atoms with E-state index < -0.39 is 0 Å². The summed E-state index contributed by atoms with van der Waals surface area (Å²) in [5.41, 5.74) is 0. The average molecular weight is 396 g/mol. The summed E-state index contributed by atoms with van der Waals surface area (Å²) in [6.07, 6.45) is 0. The van der Waals surface area contributed by atoms with Gasteiger partial charge in [0.25, 0.3) is 0 Å². The summed E-state index contributed by atoms with van der Waals surface area (Å²) in [6.45, 7) is 9.89. The monoisotopic (exact) mass is 396 g/mol. The Kier molecular flexibility index (Phi) is 8.65. The van der Waals surface area contributed by atoms with Gasteiger partial charge in [0.2, 0.25) is 23.6 Å². The molecule has 2 rings (SSSR count). The topological polar surface area (TPSA) is 105 Å². The highest BCUT2D eigenvalue weighted by Gasteiger charge is 2.21. The molecule has 4 amide bonds. The van der Waals surface area contributed by atoms with Gasteiger partial charge in [-0.15, -0.1) is 0 Å². The molecule has 0 aliphatic carbocycles. The van der Waals surface area contributed by atoms with Crippen molar-refractivity contribution in [2.75, 3.05) is 78.5 Å². The van der Waals surface area contributed by atoms with E-state index in [2.05, 4.69) is 10.6 Å². The van der Waals surface area contributed by atoms with Crippen molar-refractivity contribution in [2.45, 2.75) is 13.8 Å². The molecule has 2 N–H and O–H groups in total. The van der Waals surface area contributed by atoms with Crippen molar-refractivity contribution < 1.29 is 19.2 Å². The molecule has 0 atom stereocenters. The number of hydrogen-bond donors (Lipinski definition) is 2. The van der Waals surface area contributed by atoms with Crippen LogP contribution in [0, 0.1) is 0 Å². The van der Waals surface area contributed by atoms with Crippen LogP contribution in [0.3, 0.4) is 0 Å². The molecule has 158 valence electrons. The fraction of sp³-hybridized carbons (Fsp3) is 0.778. The highest BCUT2D eigenvalue weighted by atomic mass is 16.2. The maximum atomic E-state index is 12.0. The summed E-state index contributed by atoms with van der Waals surface area (Å²) in [7, 11) is 0. The van der Waals surface area contributed by atoms with Gasteiger partial charge >= 0.3 is 0 Å². The van der Waals surface area contributed by atoms with Crippen LogP contribution in [-0.2, 0) is 19.2 Å². The standard InChI is InChI=1S/C18H32N6O4/c1-15(25)23-9-5-21(6-10-23)13-17(27)19-3-4-20-18(28)14-22-7-11-24(12-8-22)16(2)26/h3-14H2,1-2H3,(H,19,27)(H,20,28). The third-order valence-corrected chi connectivity index (χ3v) is 5.14. The number of piperazine rings is 2.